The van der Waals surface area contributed by atoms with Crippen LogP contribution in [0.3, 0.4) is 0 Å². The van der Waals surface area contributed by atoms with Gasteiger partial charge in [0, 0.05) is 15.6 Å². The van der Waals surface area contributed by atoms with Crippen molar-refractivity contribution in [3.8, 4) is 0 Å². The van der Waals surface area contributed by atoms with Gasteiger partial charge in [0.25, 0.3) is 0 Å². The second-order valence-electron chi connectivity index (χ2n) is 5.73. The third-order valence-corrected chi connectivity index (χ3v) is 4.74. The summed E-state index contributed by atoms with van der Waals surface area (Å²) in [5.74, 6) is -0.0675. The minimum absolute atomic E-state index is 0.240. The van der Waals surface area contributed by atoms with Gasteiger partial charge in [-0.15, -0.1) is 0 Å². The predicted octanol–water partition coefficient (Wildman–Crippen LogP) is 4.38. The average Bonchev–Trinajstić information content (AvgIpc) is 2.36. The van der Waals surface area contributed by atoms with E-state index in [2.05, 4.69) is 29.8 Å². The zero-order chi connectivity index (χ0) is 14.4. The molecule has 1 aliphatic rings. The highest BCUT2D eigenvalue weighted by Crippen LogP contribution is 2.40. The molecule has 0 fully saturated rings. The zero-order valence-electron chi connectivity index (χ0n) is 11.5. The number of hydrogen-bond acceptors (Lipinski definition) is 2. The fourth-order valence-electron chi connectivity index (χ4n) is 3.38. The van der Waals surface area contributed by atoms with Crippen molar-refractivity contribution in [2.45, 2.75) is 32.6 Å². The molecule has 2 atom stereocenters. The van der Waals surface area contributed by atoms with Gasteiger partial charge in [-0.25, -0.2) is 4.79 Å². The molecule has 1 aromatic carbocycles. The monoisotopic (exact) mass is 333 g/mol. The molecule has 1 aromatic heterocycles. The second-order valence-corrected chi connectivity index (χ2v) is 6.59. The summed E-state index contributed by atoms with van der Waals surface area (Å²) in [6.07, 6.45) is 1.88. The Hall–Kier alpha value is -1.42. The molecule has 3 rings (SSSR count). The van der Waals surface area contributed by atoms with Crippen LogP contribution in [0.15, 0.2) is 22.7 Å². The molecule has 1 aliphatic carbocycles. The second kappa shape index (κ2) is 4.85. The lowest BCUT2D eigenvalue weighted by Gasteiger charge is -2.28. The topological polar surface area (TPSA) is 50.2 Å². The molecule has 3 nitrogen and oxygen atoms in total. The predicted molar refractivity (Wildman–Crippen MR) is 82.3 cm³/mol. The van der Waals surface area contributed by atoms with E-state index in [0.29, 0.717) is 11.5 Å². The van der Waals surface area contributed by atoms with Crippen LogP contribution < -0.4 is 0 Å². The van der Waals surface area contributed by atoms with Crippen LogP contribution in [0.25, 0.3) is 10.9 Å². The van der Waals surface area contributed by atoms with Gasteiger partial charge < -0.3 is 5.11 Å². The van der Waals surface area contributed by atoms with Crippen LogP contribution in [0.1, 0.15) is 47.8 Å². The summed E-state index contributed by atoms with van der Waals surface area (Å²) in [4.78, 5) is 16.5. The Morgan fingerprint density at radius 1 is 1.40 bits per heavy atom. The molecule has 20 heavy (non-hydrogen) atoms. The number of halogens is 1. The first-order valence-electron chi connectivity index (χ1n) is 6.83. The van der Waals surface area contributed by atoms with Crippen LogP contribution in [-0.4, -0.2) is 16.1 Å². The first-order valence-corrected chi connectivity index (χ1v) is 7.62. The van der Waals surface area contributed by atoms with Crippen LogP contribution in [0, 0.1) is 5.92 Å². The standard InChI is InChI=1S/C16H16BrNO2/c1-8-6-9(2)13-12(7-8)18-11-5-3-4-10(17)14(11)15(13)16(19)20/h3-5,8-9H,6-7H2,1-2H3,(H,19,20). The third kappa shape index (κ3) is 2.03. The number of nitrogens with zero attached hydrogens (tertiary/aromatic N) is 1. The normalized spacial score (nSPS) is 21.8. The van der Waals surface area contributed by atoms with Crippen molar-refractivity contribution >= 4 is 32.8 Å². The summed E-state index contributed by atoms with van der Waals surface area (Å²) in [7, 11) is 0. The fraction of sp³-hybridized carbons (Fsp3) is 0.375. The average molecular weight is 334 g/mol. The molecule has 0 aliphatic heterocycles. The van der Waals surface area contributed by atoms with E-state index in [0.717, 1.165) is 39.5 Å². The highest BCUT2D eigenvalue weighted by atomic mass is 79.9. The quantitative estimate of drug-likeness (QED) is 0.842. The number of carbonyl (C=O) groups is 1. The molecular weight excluding hydrogens is 318 g/mol. The van der Waals surface area contributed by atoms with Crippen molar-refractivity contribution in [1.29, 1.82) is 0 Å². The molecule has 1 heterocycles. The van der Waals surface area contributed by atoms with Crippen LogP contribution in [0.4, 0.5) is 0 Å². The van der Waals surface area contributed by atoms with Gasteiger partial charge in [-0.2, -0.15) is 0 Å². The maximum Gasteiger partial charge on any atom is 0.336 e. The van der Waals surface area contributed by atoms with Crippen molar-refractivity contribution in [1.82, 2.24) is 4.98 Å². The number of pyridine rings is 1. The Kier molecular flexibility index (Phi) is 3.28. The van der Waals surface area contributed by atoms with E-state index in [-0.39, 0.29) is 5.92 Å². The third-order valence-electron chi connectivity index (χ3n) is 4.08. The van der Waals surface area contributed by atoms with Crippen molar-refractivity contribution in [3.63, 3.8) is 0 Å². The summed E-state index contributed by atoms with van der Waals surface area (Å²) < 4.78 is 0.800. The minimum Gasteiger partial charge on any atom is -0.478 e. The van der Waals surface area contributed by atoms with Gasteiger partial charge in [0.05, 0.1) is 11.1 Å². The lowest BCUT2D eigenvalue weighted by atomic mass is 9.78. The Morgan fingerprint density at radius 2 is 2.15 bits per heavy atom. The maximum absolute atomic E-state index is 11.8. The number of rotatable bonds is 1. The van der Waals surface area contributed by atoms with Crippen molar-refractivity contribution in [2.24, 2.45) is 5.92 Å². The van der Waals surface area contributed by atoms with E-state index in [9.17, 15) is 9.90 Å². The van der Waals surface area contributed by atoms with Gasteiger partial charge in [-0.1, -0.05) is 35.8 Å². The van der Waals surface area contributed by atoms with Crippen molar-refractivity contribution < 1.29 is 9.90 Å². The Bertz CT molecular complexity index is 711. The minimum atomic E-state index is -0.859. The van der Waals surface area contributed by atoms with Gasteiger partial charge >= 0.3 is 5.97 Å². The van der Waals surface area contributed by atoms with Gasteiger partial charge in [0.2, 0.25) is 0 Å². The van der Waals surface area contributed by atoms with Gasteiger partial charge in [0.15, 0.2) is 0 Å². The number of carboxylic acids is 1. The summed E-state index contributed by atoms with van der Waals surface area (Å²) in [6.45, 7) is 4.30. The molecular formula is C16H16BrNO2. The zero-order valence-corrected chi connectivity index (χ0v) is 13.1. The molecule has 0 bridgehead atoms. The SMILES string of the molecule is CC1Cc2nc3cccc(Br)c3c(C(=O)O)c2C(C)C1. The molecule has 0 radical (unpaired) electrons. The number of fused-ring (bicyclic) bond motifs is 2. The molecule has 4 heteroatoms. The molecule has 0 saturated carbocycles. The Labute approximate surface area is 126 Å². The largest absolute Gasteiger partial charge is 0.478 e. The van der Waals surface area contributed by atoms with Crippen LogP contribution in [-0.2, 0) is 6.42 Å². The van der Waals surface area contributed by atoms with Crippen LogP contribution in [0.2, 0.25) is 0 Å². The van der Waals surface area contributed by atoms with Crippen molar-refractivity contribution in [3.05, 3.63) is 39.5 Å². The van der Waals surface area contributed by atoms with Gasteiger partial charge in [-0.05, 0) is 42.4 Å². The summed E-state index contributed by atoms with van der Waals surface area (Å²) in [6, 6.07) is 5.66. The lowest BCUT2D eigenvalue weighted by Crippen LogP contribution is -2.20. The number of hydrogen-bond donors (Lipinski definition) is 1. The van der Waals surface area contributed by atoms with E-state index >= 15 is 0 Å². The highest BCUT2D eigenvalue weighted by Gasteiger charge is 2.30. The summed E-state index contributed by atoms with van der Waals surface area (Å²) in [5.41, 5.74) is 3.07. The van der Waals surface area contributed by atoms with Crippen molar-refractivity contribution in [2.75, 3.05) is 0 Å². The first-order chi connectivity index (χ1) is 9.49. The Morgan fingerprint density at radius 3 is 2.85 bits per heavy atom. The van der Waals surface area contributed by atoms with E-state index in [1.807, 2.05) is 18.2 Å². The van der Waals surface area contributed by atoms with E-state index < -0.39 is 5.97 Å². The fourth-order valence-corrected chi connectivity index (χ4v) is 3.94. The van der Waals surface area contributed by atoms with E-state index in [1.165, 1.54) is 0 Å². The van der Waals surface area contributed by atoms with Gasteiger partial charge in [-0.3, -0.25) is 4.98 Å². The molecule has 104 valence electrons. The first kappa shape index (κ1) is 13.6. The molecule has 1 N–H and O–H groups in total. The smallest absolute Gasteiger partial charge is 0.336 e. The summed E-state index contributed by atoms with van der Waals surface area (Å²) >= 11 is 3.47. The maximum atomic E-state index is 11.8. The van der Waals surface area contributed by atoms with Crippen LogP contribution in [0.5, 0.6) is 0 Å². The van der Waals surface area contributed by atoms with Gasteiger partial charge in [0.1, 0.15) is 0 Å². The number of benzene rings is 1. The highest BCUT2D eigenvalue weighted by molar-refractivity contribution is 9.10. The molecule has 0 saturated heterocycles. The number of aromatic nitrogens is 1. The molecule has 2 aromatic rings. The molecule has 0 spiro atoms. The number of carboxylic acid groups (broad SMARTS) is 1. The molecule has 0 amide bonds. The molecule has 2 unspecified atom stereocenters. The lowest BCUT2D eigenvalue weighted by molar-refractivity contribution is 0.0696. The van der Waals surface area contributed by atoms with E-state index in [1.54, 1.807) is 0 Å². The van der Waals surface area contributed by atoms with Crippen LogP contribution >= 0.6 is 15.9 Å². The Balaban J connectivity index is 2.44. The summed E-state index contributed by atoms with van der Waals surface area (Å²) in [5, 5.41) is 10.4. The number of aromatic carboxylic acids is 1. The van der Waals surface area contributed by atoms with E-state index in [4.69, 9.17) is 4.98 Å².